The maximum atomic E-state index is 8.94. The average molecular weight is 657 g/mol. The number of rotatable bonds is 4. The molecule has 0 aliphatic heterocycles. The van der Waals surface area contributed by atoms with Gasteiger partial charge in [-0.05, 0) is 59.0 Å². The van der Waals surface area contributed by atoms with E-state index in [1.54, 1.807) is 0 Å². The van der Waals surface area contributed by atoms with Crippen molar-refractivity contribution in [3.05, 3.63) is 175 Å². The van der Waals surface area contributed by atoms with E-state index in [0.717, 1.165) is 78.0 Å². The summed E-state index contributed by atoms with van der Waals surface area (Å²) in [4.78, 5) is 15.2. The number of hydrogen-bond acceptors (Lipinski definition) is 3. The fraction of sp³-hybridized carbons (Fsp3) is 0.0217. The van der Waals surface area contributed by atoms with Crippen LogP contribution in [0.5, 0.6) is 0 Å². The van der Waals surface area contributed by atoms with Gasteiger partial charge in [0.05, 0.1) is 28.9 Å². The van der Waals surface area contributed by atoms with Gasteiger partial charge in [-0.25, -0.2) is 4.98 Å². The van der Waals surface area contributed by atoms with Gasteiger partial charge in [0, 0.05) is 38.4 Å². The largest absolute Gasteiger partial charge is 0.309 e. The normalized spacial score (nSPS) is 13.6. The van der Waals surface area contributed by atoms with E-state index in [1.165, 1.54) is 5.56 Å². The molecule has 51 heavy (non-hydrogen) atoms. The molecule has 1 aliphatic rings. The van der Waals surface area contributed by atoms with Gasteiger partial charge in [0.1, 0.15) is 0 Å². The van der Waals surface area contributed by atoms with Crippen LogP contribution in [-0.2, 0) is 6.42 Å². The highest BCUT2D eigenvalue weighted by molar-refractivity contribution is 6.26. The van der Waals surface area contributed by atoms with Crippen LogP contribution in [0.3, 0.4) is 0 Å². The Bertz CT molecular complexity index is 3270. The first-order chi connectivity index (χ1) is 27.4. The van der Waals surface area contributed by atoms with Crippen LogP contribution in [0, 0.1) is 0 Å². The standard InChI is InChI=1S/C46H29N5/c1-3-14-29(15-4-1)44-47-45(37-23-13-17-31-28-30-16-7-8-20-33(30)41(31)37)49-46(48-44)51-39-25-12-10-22-36(39)42-40(51)27-26-35-34-21-9-11-24-38(34)50(43(35)42)32-18-5-2-6-19-32/h1-27H,28H2/i1D,3D,4D,14D,15D. The van der Waals surface area contributed by atoms with Crippen molar-refractivity contribution in [1.29, 1.82) is 0 Å². The van der Waals surface area contributed by atoms with Gasteiger partial charge in [-0.2, -0.15) is 9.97 Å². The molecule has 5 nitrogen and oxygen atoms in total. The molecule has 10 aromatic rings. The molecule has 0 bridgehead atoms. The maximum absolute atomic E-state index is 8.94. The first-order valence-electron chi connectivity index (χ1n) is 19.4. The molecule has 1 aliphatic carbocycles. The maximum Gasteiger partial charge on any atom is 0.238 e. The first kappa shape index (κ1) is 23.5. The van der Waals surface area contributed by atoms with Crippen molar-refractivity contribution in [3.8, 4) is 45.5 Å². The molecular formula is C46H29N5. The summed E-state index contributed by atoms with van der Waals surface area (Å²) in [7, 11) is 0. The molecular weight excluding hydrogens is 623 g/mol. The van der Waals surface area contributed by atoms with Crippen LogP contribution in [0.1, 0.15) is 18.0 Å². The lowest BCUT2D eigenvalue weighted by Gasteiger charge is -2.13. The van der Waals surface area contributed by atoms with E-state index in [9.17, 15) is 0 Å². The Balaban J connectivity index is 1.28. The van der Waals surface area contributed by atoms with E-state index < -0.39 is 18.1 Å². The van der Waals surface area contributed by atoms with E-state index >= 15 is 0 Å². The number of fused-ring (bicyclic) bond motifs is 10. The van der Waals surface area contributed by atoms with Gasteiger partial charge >= 0.3 is 0 Å². The van der Waals surface area contributed by atoms with Crippen LogP contribution in [0.2, 0.25) is 0 Å². The average Bonchev–Trinajstić information content (AvgIpc) is 3.90. The molecule has 7 aromatic carbocycles. The van der Waals surface area contributed by atoms with E-state index in [-0.39, 0.29) is 29.4 Å². The molecule has 238 valence electrons. The summed E-state index contributed by atoms with van der Waals surface area (Å²) >= 11 is 0. The van der Waals surface area contributed by atoms with Gasteiger partial charge in [0.25, 0.3) is 0 Å². The van der Waals surface area contributed by atoms with Crippen LogP contribution in [-0.4, -0.2) is 24.1 Å². The summed E-state index contributed by atoms with van der Waals surface area (Å²) < 4.78 is 47.5. The molecule has 0 saturated heterocycles. The van der Waals surface area contributed by atoms with Crippen molar-refractivity contribution in [3.63, 3.8) is 0 Å². The molecule has 3 heterocycles. The van der Waals surface area contributed by atoms with Gasteiger partial charge in [-0.15, -0.1) is 0 Å². The van der Waals surface area contributed by atoms with Gasteiger partial charge in [-0.3, -0.25) is 4.57 Å². The van der Waals surface area contributed by atoms with Crippen LogP contribution >= 0.6 is 0 Å². The van der Waals surface area contributed by atoms with Crippen molar-refractivity contribution in [2.24, 2.45) is 0 Å². The van der Waals surface area contributed by atoms with Gasteiger partial charge < -0.3 is 4.57 Å². The lowest BCUT2D eigenvalue weighted by molar-refractivity contribution is 0.953. The van der Waals surface area contributed by atoms with Crippen LogP contribution < -0.4 is 0 Å². The van der Waals surface area contributed by atoms with Gasteiger partial charge in [0.2, 0.25) is 5.95 Å². The van der Waals surface area contributed by atoms with Crippen molar-refractivity contribution >= 4 is 43.6 Å². The van der Waals surface area contributed by atoms with Crippen molar-refractivity contribution in [2.45, 2.75) is 6.42 Å². The Morgan fingerprint density at radius 3 is 2.04 bits per heavy atom. The third kappa shape index (κ3) is 4.12. The number of aromatic nitrogens is 5. The lowest BCUT2D eigenvalue weighted by atomic mass is 9.99. The second-order valence-corrected chi connectivity index (χ2v) is 12.9. The van der Waals surface area contributed by atoms with Crippen molar-refractivity contribution < 1.29 is 6.85 Å². The van der Waals surface area contributed by atoms with Crippen molar-refractivity contribution in [1.82, 2.24) is 24.1 Å². The molecule has 3 aromatic heterocycles. The first-order valence-corrected chi connectivity index (χ1v) is 16.9. The third-order valence-electron chi connectivity index (χ3n) is 10.1. The smallest absolute Gasteiger partial charge is 0.238 e. The molecule has 0 radical (unpaired) electrons. The summed E-state index contributed by atoms with van der Waals surface area (Å²) in [6, 6.07) is 43.5. The summed E-state index contributed by atoms with van der Waals surface area (Å²) in [5.74, 6) is 0.612. The van der Waals surface area contributed by atoms with E-state index in [4.69, 9.17) is 21.8 Å². The van der Waals surface area contributed by atoms with Gasteiger partial charge in [0.15, 0.2) is 11.6 Å². The molecule has 0 amide bonds. The van der Waals surface area contributed by atoms with Gasteiger partial charge in [-0.1, -0.05) is 133 Å². The zero-order valence-electron chi connectivity index (χ0n) is 32.1. The number of nitrogens with zero attached hydrogens (tertiary/aromatic N) is 5. The Labute approximate surface area is 300 Å². The molecule has 0 atom stereocenters. The number of benzene rings is 7. The van der Waals surface area contributed by atoms with E-state index in [1.807, 2.05) is 65.2 Å². The second kappa shape index (κ2) is 10.8. The second-order valence-electron chi connectivity index (χ2n) is 12.9. The fourth-order valence-corrected chi connectivity index (χ4v) is 8.00. The van der Waals surface area contributed by atoms with E-state index in [2.05, 4.69) is 77.4 Å². The predicted octanol–water partition coefficient (Wildman–Crippen LogP) is 11.0. The molecule has 0 spiro atoms. The van der Waals surface area contributed by atoms with Crippen LogP contribution in [0.15, 0.2) is 164 Å². The topological polar surface area (TPSA) is 48.5 Å². The Morgan fingerprint density at radius 2 is 1.18 bits per heavy atom. The number of hydrogen-bond donors (Lipinski definition) is 0. The third-order valence-corrected chi connectivity index (χ3v) is 10.1. The summed E-state index contributed by atoms with van der Waals surface area (Å²) in [6.07, 6.45) is 0.769. The zero-order chi connectivity index (χ0) is 37.8. The van der Waals surface area contributed by atoms with Crippen LogP contribution in [0.25, 0.3) is 89.2 Å². The predicted molar refractivity (Wildman–Crippen MR) is 208 cm³/mol. The Hall–Kier alpha value is -6.85. The Morgan fingerprint density at radius 1 is 0.490 bits per heavy atom. The minimum atomic E-state index is -0.476. The quantitative estimate of drug-likeness (QED) is 0.189. The zero-order valence-corrected chi connectivity index (χ0v) is 27.1. The highest BCUT2D eigenvalue weighted by Crippen LogP contribution is 2.44. The lowest BCUT2D eigenvalue weighted by Crippen LogP contribution is -2.07. The molecule has 11 rings (SSSR count). The summed E-state index contributed by atoms with van der Waals surface area (Å²) in [5, 5.41) is 4.25. The summed E-state index contributed by atoms with van der Waals surface area (Å²) in [5.41, 5.74) is 10.0. The highest BCUT2D eigenvalue weighted by atomic mass is 15.2. The fourth-order valence-electron chi connectivity index (χ4n) is 8.00. The summed E-state index contributed by atoms with van der Waals surface area (Å²) in [6.45, 7) is 0. The number of para-hydroxylation sites is 3. The van der Waals surface area contributed by atoms with Crippen LogP contribution in [0.4, 0.5) is 0 Å². The molecule has 0 N–H and O–H groups in total. The highest BCUT2D eigenvalue weighted by Gasteiger charge is 2.26. The minimum Gasteiger partial charge on any atom is -0.309 e. The molecule has 5 heteroatoms. The monoisotopic (exact) mass is 656 g/mol. The molecule has 0 unspecified atom stereocenters. The Kier molecular flexibility index (Phi) is 4.99. The van der Waals surface area contributed by atoms with Crippen molar-refractivity contribution in [2.75, 3.05) is 0 Å². The molecule has 0 saturated carbocycles. The minimum absolute atomic E-state index is 0.00343. The SMILES string of the molecule is [2H]c1c([2H])c([2H])c(-c2nc(-c3cccc4c3-c3ccccc3C4)nc(-n3c4ccccc4c4c3ccc3c5ccccc5n(-c5ccccc5)c34)n2)c([2H])c1[2H]. The van der Waals surface area contributed by atoms with E-state index in [0.29, 0.717) is 5.82 Å². The molecule has 0 fully saturated rings.